The zero-order valence-corrected chi connectivity index (χ0v) is 29.7. The molecular formula is C50H30N2S. The molecule has 0 unspecified atom stereocenters. The number of hydrogen-bond donors (Lipinski definition) is 0. The normalized spacial score (nSPS) is 12.7. The lowest BCUT2D eigenvalue weighted by molar-refractivity contribution is 1.39. The highest BCUT2D eigenvalue weighted by molar-refractivity contribution is 7.26. The van der Waals surface area contributed by atoms with Gasteiger partial charge in [-0.05, 0) is 94.1 Å². The van der Waals surface area contributed by atoms with Crippen molar-refractivity contribution in [1.82, 2.24) is 9.97 Å². The second kappa shape index (κ2) is 11.7. The molecule has 0 amide bonds. The number of pyridine rings is 2. The minimum absolute atomic E-state index is 1.02. The standard InChI is InChI=1S/C50H30N2S/c1-30-10-2-3-11-36-29-43(39-16-9-25-51-49(39)46(30)36)35-22-21-33-26-32(19-20-34(33)27-35)31-12-8-13-37(28-31)48-42-24-23-40-38-14-5-7-18-45(38)53-50(40)47(42)41-15-4-6-17-44(41)52-48/h2-9,11-29H,1H3. The molecule has 53 heavy (non-hydrogen) atoms. The number of rotatable bonds is 3. The maximum absolute atomic E-state index is 5.30. The highest BCUT2D eigenvalue weighted by Gasteiger charge is 2.18. The molecule has 0 aliphatic heterocycles. The molecular weight excluding hydrogens is 661 g/mol. The second-order valence-electron chi connectivity index (χ2n) is 13.9. The maximum atomic E-state index is 5.30. The lowest BCUT2D eigenvalue weighted by Gasteiger charge is -2.15. The molecule has 0 saturated carbocycles. The molecule has 0 fully saturated rings. The Kier molecular flexibility index (Phi) is 6.63. The third-order valence-electron chi connectivity index (χ3n) is 10.8. The minimum atomic E-state index is 1.02. The van der Waals surface area contributed by atoms with Gasteiger partial charge in [0.2, 0.25) is 0 Å². The molecule has 11 rings (SSSR count). The van der Waals surface area contributed by atoms with E-state index in [1.807, 2.05) is 29.7 Å². The monoisotopic (exact) mass is 690 g/mol. The van der Waals surface area contributed by atoms with Crippen LogP contribution in [0.25, 0.3) is 109 Å². The summed E-state index contributed by atoms with van der Waals surface area (Å²) in [6.07, 6.45) is 8.10. The highest BCUT2D eigenvalue weighted by atomic mass is 32.1. The van der Waals surface area contributed by atoms with E-state index in [4.69, 9.17) is 9.97 Å². The number of thiophene rings is 1. The molecule has 0 saturated heterocycles. The van der Waals surface area contributed by atoms with Gasteiger partial charge in [-0.3, -0.25) is 4.98 Å². The van der Waals surface area contributed by atoms with Gasteiger partial charge >= 0.3 is 0 Å². The summed E-state index contributed by atoms with van der Waals surface area (Å²) in [6, 6.07) is 50.9. The lowest BCUT2D eigenvalue weighted by Crippen LogP contribution is -1.94. The van der Waals surface area contributed by atoms with Crippen molar-refractivity contribution in [2.24, 2.45) is 0 Å². The Labute approximate surface area is 310 Å². The van der Waals surface area contributed by atoms with Gasteiger partial charge in [-0.15, -0.1) is 17.1 Å². The van der Waals surface area contributed by atoms with Gasteiger partial charge in [0.15, 0.2) is 0 Å². The van der Waals surface area contributed by atoms with E-state index in [0.717, 1.165) is 38.8 Å². The van der Waals surface area contributed by atoms with Crippen molar-refractivity contribution >= 4 is 86.5 Å². The quantitative estimate of drug-likeness (QED) is 0.136. The van der Waals surface area contributed by atoms with Crippen molar-refractivity contribution in [3.05, 3.63) is 175 Å². The number of para-hydroxylation sites is 1. The zero-order valence-electron chi connectivity index (χ0n) is 28.9. The number of fused-ring (bicyclic) bond motifs is 11. The fourth-order valence-electron chi connectivity index (χ4n) is 8.30. The summed E-state index contributed by atoms with van der Waals surface area (Å²) in [7, 11) is 0. The van der Waals surface area contributed by atoms with E-state index in [0.29, 0.717) is 0 Å². The van der Waals surface area contributed by atoms with Crippen LogP contribution < -0.4 is 0 Å². The Morgan fingerprint density at radius 1 is 0.585 bits per heavy atom. The van der Waals surface area contributed by atoms with Crippen molar-refractivity contribution in [2.75, 3.05) is 0 Å². The van der Waals surface area contributed by atoms with Crippen molar-refractivity contribution in [1.29, 1.82) is 0 Å². The summed E-state index contributed by atoms with van der Waals surface area (Å²) in [5.74, 6) is 0. The van der Waals surface area contributed by atoms with Crippen LogP contribution in [0.3, 0.4) is 0 Å². The minimum Gasteiger partial charge on any atom is -0.256 e. The van der Waals surface area contributed by atoms with Crippen molar-refractivity contribution in [3.8, 4) is 33.5 Å². The Hall–Kier alpha value is -6.64. The number of allylic oxidation sites excluding steroid dienone is 2. The molecule has 0 bridgehead atoms. The molecule has 0 atom stereocenters. The largest absolute Gasteiger partial charge is 0.256 e. The van der Waals surface area contributed by atoms with Crippen LogP contribution in [0, 0.1) is 0 Å². The van der Waals surface area contributed by atoms with Crippen LogP contribution >= 0.6 is 11.3 Å². The summed E-state index contributed by atoms with van der Waals surface area (Å²) in [5, 5.41) is 9.85. The van der Waals surface area contributed by atoms with Crippen LogP contribution in [0.2, 0.25) is 0 Å². The van der Waals surface area contributed by atoms with Crippen LogP contribution in [0.1, 0.15) is 18.1 Å². The van der Waals surface area contributed by atoms with Gasteiger partial charge in [0.05, 0.1) is 16.7 Å². The van der Waals surface area contributed by atoms with Crippen LogP contribution in [0.5, 0.6) is 0 Å². The fraction of sp³-hybridized carbons (Fsp3) is 0.0200. The van der Waals surface area contributed by atoms with Gasteiger partial charge < -0.3 is 0 Å². The van der Waals surface area contributed by atoms with Crippen molar-refractivity contribution in [3.63, 3.8) is 0 Å². The smallest absolute Gasteiger partial charge is 0.0795 e. The zero-order chi connectivity index (χ0) is 35.0. The Balaban J connectivity index is 1.03. The summed E-state index contributed by atoms with van der Waals surface area (Å²) in [5.41, 5.74) is 15.7. The first-order valence-electron chi connectivity index (χ1n) is 18.0. The molecule has 0 radical (unpaired) electrons. The third kappa shape index (κ3) is 4.72. The molecule has 0 N–H and O–H groups in total. The van der Waals surface area contributed by atoms with E-state index in [1.165, 1.54) is 74.9 Å². The van der Waals surface area contributed by atoms with Crippen LogP contribution in [-0.4, -0.2) is 9.97 Å². The average Bonchev–Trinajstić information content (AvgIpc) is 3.49. The van der Waals surface area contributed by atoms with E-state index in [1.54, 1.807) is 0 Å². The molecule has 1 aliphatic carbocycles. The van der Waals surface area contributed by atoms with E-state index < -0.39 is 0 Å². The van der Waals surface area contributed by atoms with Gasteiger partial charge in [0, 0.05) is 64.6 Å². The van der Waals surface area contributed by atoms with Crippen LogP contribution in [0.4, 0.5) is 0 Å². The molecule has 2 nitrogen and oxygen atoms in total. The van der Waals surface area contributed by atoms with Gasteiger partial charge in [0.1, 0.15) is 0 Å². The third-order valence-corrected chi connectivity index (χ3v) is 12.0. The van der Waals surface area contributed by atoms with Crippen molar-refractivity contribution in [2.45, 2.75) is 6.92 Å². The summed E-state index contributed by atoms with van der Waals surface area (Å²) >= 11 is 1.88. The molecule has 3 heteroatoms. The average molecular weight is 691 g/mol. The summed E-state index contributed by atoms with van der Waals surface area (Å²) in [4.78, 5) is 10.2. The molecule has 10 aromatic rings. The highest BCUT2D eigenvalue weighted by Crippen LogP contribution is 2.44. The predicted molar refractivity (Wildman–Crippen MR) is 227 cm³/mol. The summed E-state index contributed by atoms with van der Waals surface area (Å²) in [6.45, 7) is 2.11. The van der Waals surface area contributed by atoms with Gasteiger partial charge in [0.25, 0.3) is 0 Å². The van der Waals surface area contributed by atoms with Crippen LogP contribution in [0.15, 0.2) is 164 Å². The fourth-order valence-corrected chi connectivity index (χ4v) is 9.57. The maximum Gasteiger partial charge on any atom is 0.0795 e. The molecule has 3 aromatic heterocycles. The molecule has 1 aliphatic rings. The molecule has 0 spiro atoms. The number of benzene rings is 7. The van der Waals surface area contributed by atoms with Gasteiger partial charge in [-0.1, -0.05) is 109 Å². The Morgan fingerprint density at radius 3 is 2.26 bits per heavy atom. The second-order valence-corrected chi connectivity index (χ2v) is 14.9. The Bertz CT molecular complexity index is 3280. The number of aromatic nitrogens is 2. The molecule has 7 aromatic carbocycles. The van der Waals surface area contributed by atoms with Crippen molar-refractivity contribution < 1.29 is 0 Å². The number of hydrogen-bond acceptors (Lipinski definition) is 3. The number of nitrogens with zero attached hydrogens (tertiary/aromatic N) is 2. The SMILES string of the molecule is CC1=C=CC=Cc2cc(-c3ccc4cc(-c5cccc(-c6nc7ccccc7c7c6ccc6c8ccccc8sc67)c5)ccc4c3)c3cccnc3c21. The predicted octanol–water partition coefficient (Wildman–Crippen LogP) is 14.0. The van der Waals surface area contributed by atoms with Crippen LogP contribution in [-0.2, 0) is 0 Å². The first kappa shape index (κ1) is 30.0. The van der Waals surface area contributed by atoms with E-state index in [9.17, 15) is 0 Å². The topological polar surface area (TPSA) is 25.8 Å². The first-order valence-corrected chi connectivity index (χ1v) is 18.8. The first-order chi connectivity index (χ1) is 26.2. The molecule has 246 valence electrons. The molecule has 3 heterocycles. The Morgan fingerprint density at radius 2 is 1.34 bits per heavy atom. The van der Waals surface area contributed by atoms with E-state index >= 15 is 0 Å². The summed E-state index contributed by atoms with van der Waals surface area (Å²) < 4.78 is 2.64. The van der Waals surface area contributed by atoms with Gasteiger partial charge in [-0.25, -0.2) is 4.98 Å². The van der Waals surface area contributed by atoms with Gasteiger partial charge in [-0.2, -0.15) is 0 Å². The van der Waals surface area contributed by atoms with E-state index in [-0.39, 0.29) is 0 Å². The lowest BCUT2D eigenvalue weighted by atomic mass is 9.90. The van der Waals surface area contributed by atoms with E-state index in [2.05, 4.69) is 158 Å².